The number of nitrogens with one attached hydrogen (secondary N) is 2. The Bertz CT molecular complexity index is 1230. The molecule has 156 valence electrons. The zero-order valence-corrected chi connectivity index (χ0v) is 17.4. The summed E-state index contributed by atoms with van der Waals surface area (Å²) >= 11 is 6.12. The molecule has 0 atom stereocenters. The summed E-state index contributed by atoms with van der Waals surface area (Å²) in [7, 11) is 0. The van der Waals surface area contributed by atoms with E-state index in [1.807, 2.05) is 36.4 Å². The normalized spacial score (nSPS) is 14.0. The van der Waals surface area contributed by atoms with Crippen LogP contribution in [0.25, 0.3) is 16.8 Å². The zero-order chi connectivity index (χ0) is 21.2. The number of carbonyl (C=O) groups is 1. The monoisotopic (exact) mass is 433 g/mol. The van der Waals surface area contributed by atoms with Gasteiger partial charge in [0.15, 0.2) is 5.65 Å². The smallest absolute Gasteiger partial charge is 0.274 e. The number of carbonyl (C=O) groups excluding carboxylic acids is 1. The maximum atomic E-state index is 12.8. The van der Waals surface area contributed by atoms with Crippen LogP contribution in [0.5, 0.6) is 0 Å². The number of rotatable bonds is 4. The summed E-state index contributed by atoms with van der Waals surface area (Å²) < 4.78 is 1.64. The van der Waals surface area contributed by atoms with E-state index >= 15 is 0 Å². The zero-order valence-electron chi connectivity index (χ0n) is 16.6. The van der Waals surface area contributed by atoms with Crippen LogP contribution in [0.3, 0.4) is 0 Å². The summed E-state index contributed by atoms with van der Waals surface area (Å²) in [4.78, 5) is 24.0. The van der Waals surface area contributed by atoms with Gasteiger partial charge in [-0.3, -0.25) is 4.79 Å². The van der Waals surface area contributed by atoms with Crippen molar-refractivity contribution in [3.8, 4) is 11.1 Å². The number of fused-ring (bicyclic) bond motifs is 1. The number of nitrogens with zero attached hydrogens (tertiary/aromatic N) is 5. The second-order valence-electron chi connectivity index (χ2n) is 7.25. The Kier molecular flexibility index (Phi) is 5.23. The molecule has 2 N–H and O–H groups in total. The molecule has 1 saturated heterocycles. The lowest BCUT2D eigenvalue weighted by Crippen LogP contribution is -2.43. The van der Waals surface area contributed by atoms with Gasteiger partial charge in [-0.05, 0) is 35.9 Å². The van der Waals surface area contributed by atoms with Crippen LogP contribution >= 0.6 is 11.6 Å². The van der Waals surface area contributed by atoms with Crippen LogP contribution in [0.2, 0.25) is 5.02 Å². The van der Waals surface area contributed by atoms with Crippen LogP contribution < -0.4 is 15.5 Å². The predicted octanol–water partition coefficient (Wildman–Crippen LogP) is 3.11. The lowest BCUT2D eigenvalue weighted by Gasteiger charge is -2.28. The highest BCUT2D eigenvalue weighted by Gasteiger charge is 2.15. The Morgan fingerprint density at radius 2 is 1.97 bits per heavy atom. The predicted molar refractivity (Wildman–Crippen MR) is 121 cm³/mol. The van der Waals surface area contributed by atoms with Crippen LogP contribution in [0, 0.1) is 0 Å². The molecule has 1 aliphatic rings. The fourth-order valence-corrected chi connectivity index (χ4v) is 3.78. The van der Waals surface area contributed by atoms with Crippen LogP contribution in [-0.2, 0) is 0 Å². The number of benzene rings is 1. The van der Waals surface area contributed by atoms with Gasteiger partial charge < -0.3 is 15.5 Å². The lowest BCUT2D eigenvalue weighted by atomic mass is 10.1. The van der Waals surface area contributed by atoms with Gasteiger partial charge in [-0.1, -0.05) is 23.7 Å². The number of aromatic nitrogens is 4. The number of pyridine rings is 1. The molecular weight excluding hydrogens is 414 g/mol. The van der Waals surface area contributed by atoms with Gasteiger partial charge in [0.2, 0.25) is 0 Å². The highest BCUT2D eigenvalue weighted by atomic mass is 35.5. The fourth-order valence-electron chi connectivity index (χ4n) is 3.59. The minimum Gasteiger partial charge on any atom is -0.354 e. The van der Waals surface area contributed by atoms with Crippen molar-refractivity contribution in [2.45, 2.75) is 0 Å². The fraction of sp³-hybridized carbons (Fsp3) is 0.182. The first-order valence-corrected chi connectivity index (χ1v) is 10.4. The molecule has 0 aliphatic carbocycles. The van der Waals surface area contributed by atoms with Crippen molar-refractivity contribution in [3.05, 3.63) is 71.8 Å². The summed E-state index contributed by atoms with van der Waals surface area (Å²) in [5.41, 5.74) is 3.19. The van der Waals surface area contributed by atoms with Gasteiger partial charge in [0, 0.05) is 43.0 Å². The molecule has 1 aromatic carbocycles. The summed E-state index contributed by atoms with van der Waals surface area (Å²) in [6.07, 6.45) is 5.11. The Morgan fingerprint density at radius 3 is 2.74 bits per heavy atom. The van der Waals surface area contributed by atoms with E-state index in [2.05, 4.69) is 30.6 Å². The molecule has 0 unspecified atom stereocenters. The largest absolute Gasteiger partial charge is 0.354 e. The third-order valence-electron chi connectivity index (χ3n) is 5.18. The van der Waals surface area contributed by atoms with Crippen molar-refractivity contribution in [3.63, 3.8) is 0 Å². The summed E-state index contributed by atoms with van der Waals surface area (Å²) in [5.74, 6) is 0.599. The Morgan fingerprint density at radius 1 is 1.10 bits per heavy atom. The third kappa shape index (κ3) is 4.08. The molecule has 5 rings (SSSR count). The van der Waals surface area contributed by atoms with Crippen molar-refractivity contribution >= 4 is 34.7 Å². The molecule has 0 radical (unpaired) electrons. The van der Waals surface area contributed by atoms with Crippen LogP contribution in [0.1, 0.15) is 10.5 Å². The van der Waals surface area contributed by atoms with Gasteiger partial charge in [0.1, 0.15) is 11.5 Å². The van der Waals surface area contributed by atoms with E-state index in [1.165, 1.54) is 0 Å². The minimum atomic E-state index is -0.308. The van der Waals surface area contributed by atoms with Crippen LogP contribution in [-0.4, -0.2) is 51.7 Å². The van der Waals surface area contributed by atoms with Gasteiger partial charge in [-0.15, -0.1) is 0 Å². The molecular formula is C22H20ClN7O. The molecule has 4 aromatic rings. The maximum Gasteiger partial charge on any atom is 0.274 e. The summed E-state index contributed by atoms with van der Waals surface area (Å²) in [6, 6.07) is 12.9. The van der Waals surface area contributed by atoms with E-state index in [1.54, 1.807) is 29.2 Å². The molecule has 0 saturated carbocycles. The molecule has 31 heavy (non-hydrogen) atoms. The van der Waals surface area contributed by atoms with Crippen LogP contribution in [0.15, 0.2) is 61.1 Å². The maximum absolute atomic E-state index is 12.8. The number of amides is 1. The summed E-state index contributed by atoms with van der Waals surface area (Å²) in [5, 5.41) is 11.1. The molecule has 1 fully saturated rings. The SMILES string of the molecule is O=C(Nc1ccc(N2CCNCC2)nc1)c1ccn2ncc(-c3cccc(Cl)c3)c2n1. The first-order chi connectivity index (χ1) is 15.2. The van der Waals surface area contributed by atoms with Gasteiger partial charge in [-0.2, -0.15) is 5.10 Å². The second-order valence-corrected chi connectivity index (χ2v) is 7.68. The number of halogens is 1. The quantitative estimate of drug-likeness (QED) is 0.514. The molecule has 0 bridgehead atoms. The first kappa shape index (κ1) is 19.5. The Balaban J connectivity index is 1.36. The van der Waals surface area contributed by atoms with Crippen molar-refractivity contribution in [1.82, 2.24) is 24.9 Å². The van der Waals surface area contributed by atoms with Crippen molar-refractivity contribution in [2.75, 3.05) is 36.4 Å². The van der Waals surface area contributed by atoms with E-state index in [0.717, 1.165) is 43.1 Å². The van der Waals surface area contributed by atoms with Gasteiger partial charge in [0.25, 0.3) is 5.91 Å². The van der Waals surface area contributed by atoms with Gasteiger partial charge in [-0.25, -0.2) is 14.5 Å². The molecule has 9 heteroatoms. The average molecular weight is 434 g/mol. The van der Waals surface area contributed by atoms with E-state index in [-0.39, 0.29) is 5.91 Å². The lowest BCUT2D eigenvalue weighted by molar-refractivity contribution is 0.102. The summed E-state index contributed by atoms with van der Waals surface area (Å²) in [6.45, 7) is 3.73. The molecule has 8 nitrogen and oxygen atoms in total. The molecule has 3 aromatic heterocycles. The Hall–Kier alpha value is -3.49. The minimum absolute atomic E-state index is 0.294. The van der Waals surface area contributed by atoms with E-state index in [9.17, 15) is 4.79 Å². The highest BCUT2D eigenvalue weighted by molar-refractivity contribution is 6.30. The standard InChI is InChI=1S/C22H20ClN7O/c23-16-3-1-2-15(12-16)18-14-26-30-9-6-19(28-21(18)30)22(31)27-17-4-5-20(25-13-17)29-10-7-24-8-11-29/h1-6,9,12-14,24H,7-8,10-11H2,(H,27,31). The molecule has 1 amide bonds. The van der Waals surface area contributed by atoms with Crippen molar-refractivity contribution in [2.24, 2.45) is 0 Å². The van der Waals surface area contributed by atoms with E-state index in [0.29, 0.717) is 22.1 Å². The molecule has 4 heterocycles. The third-order valence-corrected chi connectivity index (χ3v) is 5.42. The number of hydrogen-bond acceptors (Lipinski definition) is 6. The molecule has 1 aliphatic heterocycles. The van der Waals surface area contributed by atoms with E-state index < -0.39 is 0 Å². The topological polar surface area (TPSA) is 87.5 Å². The van der Waals surface area contributed by atoms with Gasteiger partial charge >= 0.3 is 0 Å². The van der Waals surface area contributed by atoms with Crippen molar-refractivity contribution in [1.29, 1.82) is 0 Å². The highest BCUT2D eigenvalue weighted by Crippen LogP contribution is 2.26. The van der Waals surface area contributed by atoms with Gasteiger partial charge in [0.05, 0.1) is 18.1 Å². The average Bonchev–Trinajstić information content (AvgIpc) is 3.23. The molecule has 0 spiro atoms. The van der Waals surface area contributed by atoms with Crippen molar-refractivity contribution < 1.29 is 4.79 Å². The second kappa shape index (κ2) is 8.33. The number of piperazine rings is 1. The number of anilines is 2. The van der Waals surface area contributed by atoms with E-state index in [4.69, 9.17) is 11.6 Å². The number of hydrogen-bond donors (Lipinski definition) is 2. The first-order valence-electron chi connectivity index (χ1n) is 10.0. The van der Waals surface area contributed by atoms with Crippen LogP contribution in [0.4, 0.5) is 11.5 Å². The Labute approximate surface area is 183 Å².